The summed E-state index contributed by atoms with van der Waals surface area (Å²) in [5.41, 5.74) is 0.532. The van der Waals surface area contributed by atoms with E-state index in [1.165, 1.54) is 6.20 Å². The van der Waals surface area contributed by atoms with Crippen LogP contribution in [0.4, 0.5) is 10.5 Å². The predicted octanol–water partition coefficient (Wildman–Crippen LogP) is 2.08. The molecule has 0 saturated heterocycles. The van der Waals surface area contributed by atoms with Gasteiger partial charge in [0.05, 0.1) is 11.9 Å². The third kappa shape index (κ3) is 4.25. The van der Waals surface area contributed by atoms with E-state index >= 15 is 0 Å². The lowest BCUT2D eigenvalue weighted by Gasteiger charge is -2.20. The van der Waals surface area contributed by atoms with Crippen molar-refractivity contribution < 1.29 is 14.7 Å². The van der Waals surface area contributed by atoms with Gasteiger partial charge in [-0.3, -0.25) is 4.68 Å². The van der Waals surface area contributed by atoms with E-state index in [0.29, 0.717) is 12.1 Å². The van der Waals surface area contributed by atoms with E-state index in [9.17, 15) is 9.59 Å². The van der Waals surface area contributed by atoms with E-state index in [0.717, 1.165) is 0 Å². The molecule has 0 fully saturated rings. The van der Waals surface area contributed by atoms with E-state index in [2.05, 4.69) is 15.7 Å². The summed E-state index contributed by atoms with van der Waals surface area (Å²) in [6.45, 7) is 7.61. The first-order valence-electron chi connectivity index (χ1n) is 6.69. The quantitative estimate of drug-likeness (QED) is 0.744. The molecule has 0 aliphatic carbocycles. The lowest BCUT2D eigenvalue weighted by Crippen LogP contribution is -2.46. The molecule has 20 heavy (non-hydrogen) atoms. The van der Waals surface area contributed by atoms with Gasteiger partial charge in [-0.25, -0.2) is 9.59 Å². The van der Waals surface area contributed by atoms with Crippen molar-refractivity contribution in [2.45, 2.75) is 46.2 Å². The molecule has 0 saturated carbocycles. The number of aromatic nitrogens is 2. The van der Waals surface area contributed by atoms with Gasteiger partial charge in [0.2, 0.25) is 0 Å². The fourth-order valence-electron chi connectivity index (χ4n) is 1.68. The zero-order chi connectivity index (χ0) is 15.3. The number of hydrogen-bond acceptors (Lipinski definition) is 3. The Morgan fingerprint density at radius 1 is 1.40 bits per heavy atom. The van der Waals surface area contributed by atoms with E-state index in [1.807, 2.05) is 20.8 Å². The molecule has 1 rings (SSSR count). The summed E-state index contributed by atoms with van der Waals surface area (Å²) >= 11 is 0. The van der Waals surface area contributed by atoms with Gasteiger partial charge in [0.15, 0.2) is 0 Å². The molecule has 2 atom stereocenters. The Kier molecular flexibility index (Phi) is 5.54. The zero-order valence-electron chi connectivity index (χ0n) is 12.3. The number of carbonyl (C=O) groups is 2. The number of aliphatic carboxylic acids is 1. The zero-order valence-corrected chi connectivity index (χ0v) is 12.3. The standard InChI is InChI=1S/C13H22N4O3/c1-5-9(4)11(12(18)19)16-13(20)15-10-6-14-17(7-10)8(2)3/h6-9,11H,5H2,1-4H3,(H,18,19)(H2,15,16,20)/t9-,11-/m0/s1. The summed E-state index contributed by atoms with van der Waals surface area (Å²) in [5.74, 6) is -1.18. The number of amides is 2. The summed E-state index contributed by atoms with van der Waals surface area (Å²) < 4.78 is 1.71. The molecule has 2 amide bonds. The molecular formula is C13H22N4O3. The second-order valence-corrected chi connectivity index (χ2v) is 5.10. The van der Waals surface area contributed by atoms with Crippen molar-refractivity contribution in [1.29, 1.82) is 0 Å². The minimum absolute atomic E-state index is 0.142. The molecule has 1 aromatic heterocycles. The van der Waals surface area contributed by atoms with Gasteiger partial charge in [-0.1, -0.05) is 20.3 Å². The molecule has 0 aliphatic rings. The lowest BCUT2D eigenvalue weighted by molar-refractivity contribution is -0.140. The molecule has 0 unspecified atom stereocenters. The smallest absolute Gasteiger partial charge is 0.326 e. The fraction of sp³-hybridized carbons (Fsp3) is 0.615. The third-order valence-corrected chi connectivity index (χ3v) is 3.15. The molecule has 1 heterocycles. The molecule has 112 valence electrons. The summed E-state index contributed by atoms with van der Waals surface area (Å²) in [7, 11) is 0. The second-order valence-electron chi connectivity index (χ2n) is 5.10. The number of hydrogen-bond donors (Lipinski definition) is 3. The van der Waals surface area contributed by atoms with Gasteiger partial charge in [-0.15, -0.1) is 0 Å². The highest BCUT2D eigenvalue weighted by atomic mass is 16.4. The van der Waals surface area contributed by atoms with E-state index in [-0.39, 0.29) is 12.0 Å². The van der Waals surface area contributed by atoms with Crippen LogP contribution in [0.3, 0.4) is 0 Å². The normalized spacial score (nSPS) is 13.8. The summed E-state index contributed by atoms with van der Waals surface area (Å²) in [6, 6.07) is -1.25. The van der Waals surface area contributed by atoms with Crippen molar-refractivity contribution >= 4 is 17.7 Å². The molecule has 0 aromatic carbocycles. The van der Waals surface area contributed by atoms with E-state index in [4.69, 9.17) is 5.11 Å². The maximum absolute atomic E-state index is 11.8. The molecule has 0 radical (unpaired) electrons. The SMILES string of the molecule is CC[C@H](C)[C@H](NC(=O)Nc1cnn(C(C)C)c1)C(=O)O. The first-order chi connectivity index (χ1) is 9.35. The Morgan fingerprint density at radius 3 is 2.50 bits per heavy atom. The second kappa shape index (κ2) is 6.93. The van der Waals surface area contributed by atoms with Crippen LogP contribution in [0.25, 0.3) is 0 Å². The van der Waals surface area contributed by atoms with Crippen molar-refractivity contribution in [3.05, 3.63) is 12.4 Å². The van der Waals surface area contributed by atoms with Crippen molar-refractivity contribution in [3.8, 4) is 0 Å². The average Bonchev–Trinajstić information content (AvgIpc) is 2.83. The van der Waals surface area contributed by atoms with Gasteiger partial charge in [0.25, 0.3) is 0 Å². The molecule has 1 aromatic rings. The van der Waals surface area contributed by atoms with Crippen LogP contribution in [0, 0.1) is 5.92 Å². The molecule has 0 spiro atoms. The minimum Gasteiger partial charge on any atom is -0.480 e. The Morgan fingerprint density at radius 2 is 2.05 bits per heavy atom. The first-order valence-corrected chi connectivity index (χ1v) is 6.69. The van der Waals surface area contributed by atoms with E-state index < -0.39 is 18.0 Å². The van der Waals surface area contributed by atoms with Crippen LogP contribution in [0.15, 0.2) is 12.4 Å². The molecule has 0 aliphatic heterocycles. The minimum atomic E-state index is -1.03. The molecule has 7 heteroatoms. The van der Waals surface area contributed by atoms with Crippen molar-refractivity contribution in [2.75, 3.05) is 5.32 Å². The van der Waals surface area contributed by atoms with Crippen LogP contribution in [0.5, 0.6) is 0 Å². The molecule has 7 nitrogen and oxygen atoms in total. The van der Waals surface area contributed by atoms with E-state index in [1.54, 1.807) is 17.8 Å². The number of carboxylic acids is 1. The van der Waals surface area contributed by atoms with Crippen LogP contribution in [0.1, 0.15) is 40.2 Å². The number of rotatable bonds is 6. The molecule has 0 bridgehead atoms. The average molecular weight is 282 g/mol. The number of nitrogens with zero attached hydrogens (tertiary/aromatic N) is 2. The molecule has 3 N–H and O–H groups in total. The lowest BCUT2D eigenvalue weighted by atomic mass is 9.99. The van der Waals surface area contributed by atoms with Gasteiger partial charge in [-0.2, -0.15) is 5.10 Å². The van der Waals surface area contributed by atoms with Crippen LogP contribution >= 0.6 is 0 Å². The number of anilines is 1. The first kappa shape index (κ1) is 16.0. The van der Waals surface area contributed by atoms with Gasteiger partial charge in [0, 0.05) is 12.2 Å². The van der Waals surface area contributed by atoms with Crippen LogP contribution in [0.2, 0.25) is 0 Å². The Labute approximate surface area is 118 Å². The summed E-state index contributed by atoms with van der Waals surface area (Å²) in [4.78, 5) is 22.9. The highest BCUT2D eigenvalue weighted by Crippen LogP contribution is 2.11. The van der Waals surface area contributed by atoms with Crippen molar-refractivity contribution in [3.63, 3.8) is 0 Å². The summed E-state index contributed by atoms with van der Waals surface area (Å²) in [5, 5.41) is 18.3. The van der Waals surface area contributed by atoms with Crippen molar-refractivity contribution in [1.82, 2.24) is 15.1 Å². The fourth-order valence-corrected chi connectivity index (χ4v) is 1.68. The van der Waals surface area contributed by atoms with Gasteiger partial charge >= 0.3 is 12.0 Å². The Balaban J connectivity index is 2.63. The van der Waals surface area contributed by atoms with Gasteiger partial charge < -0.3 is 15.7 Å². The number of carbonyl (C=O) groups excluding carboxylic acids is 1. The third-order valence-electron chi connectivity index (χ3n) is 3.15. The number of urea groups is 1. The van der Waals surface area contributed by atoms with Crippen LogP contribution in [-0.2, 0) is 4.79 Å². The summed E-state index contributed by atoms with van der Waals surface area (Å²) in [6.07, 6.45) is 3.89. The van der Waals surface area contributed by atoms with Crippen molar-refractivity contribution in [2.24, 2.45) is 5.92 Å². The van der Waals surface area contributed by atoms with Crippen LogP contribution in [-0.4, -0.2) is 32.9 Å². The Hall–Kier alpha value is -2.05. The monoisotopic (exact) mass is 282 g/mol. The Bertz CT molecular complexity index is 470. The van der Waals surface area contributed by atoms with Gasteiger partial charge in [-0.05, 0) is 19.8 Å². The predicted molar refractivity (Wildman–Crippen MR) is 75.6 cm³/mol. The maximum atomic E-state index is 11.8. The largest absolute Gasteiger partial charge is 0.480 e. The van der Waals surface area contributed by atoms with Gasteiger partial charge in [0.1, 0.15) is 6.04 Å². The maximum Gasteiger partial charge on any atom is 0.326 e. The van der Waals surface area contributed by atoms with Crippen LogP contribution < -0.4 is 10.6 Å². The topological polar surface area (TPSA) is 96.3 Å². The number of carboxylic acid groups (broad SMARTS) is 1. The molecular weight excluding hydrogens is 260 g/mol. The highest BCUT2D eigenvalue weighted by molar-refractivity contribution is 5.92. The number of nitrogens with one attached hydrogen (secondary N) is 2. The highest BCUT2D eigenvalue weighted by Gasteiger charge is 2.25.